The fourth-order valence-corrected chi connectivity index (χ4v) is 1.43. The minimum absolute atomic E-state index is 0.0708. The van der Waals surface area contributed by atoms with Crippen LogP contribution in [-0.2, 0) is 0 Å². The SMILES string of the molecule is CC(C)NC(=O)c1ccc2[nH]c(=O)oc2c1. The quantitative estimate of drug-likeness (QED) is 0.800. The molecule has 0 saturated heterocycles. The zero-order valence-electron chi connectivity index (χ0n) is 9.03. The van der Waals surface area contributed by atoms with Gasteiger partial charge in [-0.15, -0.1) is 0 Å². The van der Waals surface area contributed by atoms with Crippen LogP contribution >= 0.6 is 0 Å². The maximum Gasteiger partial charge on any atom is 0.417 e. The third kappa shape index (κ3) is 1.98. The molecule has 5 heteroatoms. The predicted octanol–water partition coefficient (Wildman–Crippen LogP) is 1.26. The number of hydrogen-bond acceptors (Lipinski definition) is 3. The van der Waals surface area contributed by atoms with Crippen molar-refractivity contribution < 1.29 is 9.21 Å². The van der Waals surface area contributed by atoms with E-state index in [9.17, 15) is 9.59 Å². The van der Waals surface area contributed by atoms with Crippen LogP contribution in [0.4, 0.5) is 0 Å². The monoisotopic (exact) mass is 220 g/mol. The van der Waals surface area contributed by atoms with Crippen LogP contribution in [0.25, 0.3) is 11.1 Å². The summed E-state index contributed by atoms with van der Waals surface area (Å²) in [5.74, 6) is -0.697. The summed E-state index contributed by atoms with van der Waals surface area (Å²) >= 11 is 0. The molecule has 1 amide bonds. The summed E-state index contributed by atoms with van der Waals surface area (Å²) in [4.78, 5) is 25.1. The number of aromatic amines is 1. The highest BCUT2D eigenvalue weighted by molar-refractivity contribution is 5.97. The molecule has 0 radical (unpaired) electrons. The third-order valence-electron chi connectivity index (χ3n) is 2.10. The fourth-order valence-electron chi connectivity index (χ4n) is 1.43. The summed E-state index contributed by atoms with van der Waals surface area (Å²) in [7, 11) is 0. The van der Waals surface area contributed by atoms with Crippen LogP contribution in [0.5, 0.6) is 0 Å². The summed E-state index contributed by atoms with van der Waals surface area (Å²) in [5.41, 5.74) is 1.46. The number of fused-ring (bicyclic) bond motifs is 1. The molecule has 1 heterocycles. The van der Waals surface area contributed by atoms with E-state index in [1.807, 2.05) is 13.8 Å². The van der Waals surface area contributed by atoms with Crippen LogP contribution < -0.4 is 11.1 Å². The molecule has 2 rings (SSSR count). The minimum atomic E-state index is -0.517. The van der Waals surface area contributed by atoms with Gasteiger partial charge in [-0.1, -0.05) is 0 Å². The molecule has 0 fully saturated rings. The molecule has 0 aliphatic rings. The topological polar surface area (TPSA) is 75.1 Å². The van der Waals surface area contributed by atoms with Gasteiger partial charge >= 0.3 is 5.76 Å². The van der Waals surface area contributed by atoms with E-state index in [0.717, 1.165) is 0 Å². The first kappa shape index (κ1) is 10.5. The van der Waals surface area contributed by atoms with Crippen molar-refractivity contribution in [2.24, 2.45) is 0 Å². The normalized spacial score (nSPS) is 10.9. The first-order valence-corrected chi connectivity index (χ1v) is 5.00. The molecule has 2 N–H and O–H groups in total. The maximum absolute atomic E-state index is 11.7. The van der Waals surface area contributed by atoms with Crippen molar-refractivity contribution in [3.05, 3.63) is 34.3 Å². The summed E-state index contributed by atoms with van der Waals surface area (Å²) < 4.78 is 4.87. The minimum Gasteiger partial charge on any atom is -0.408 e. The number of carbonyl (C=O) groups is 1. The summed E-state index contributed by atoms with van der Waals surface area (Å²) in [6.45, 7) is 3.76. The molecule has 0 aliphatic carbocycles. The molecule has 0 aliphatic heterocycles. The van der Waals surface area contributed by atoms with Gasteiger partial charge in [0.25, 0.3) is 5.91 Å². The molecule has 1 aromatic carbocycles. The van der Waals surface area contributed by atoms with Crippen molar-refractivity contribution in [1.29, 1.82) is 0 Å². The zero-order valence-corrected chi connectivity index (χ0v) is 9.03. The summed E-state index contributed by atoms with van der Waals surface area (Å²) in [6, 6.07) is 4.91. The van der Waals surface area contributed by atoms with Crippen molar-refractivity contribution in [2.75, 3.05) is 0 Å². The average Bonchev–Trinajstić information content (AvgIpc) is 2.55. The molecule has 16 heavy (non-hydrogen) atoms. The Kier molecular flexibility index (Phi) is 2.52. The van der Waals surface area contributed by atoms with E-state index in [1.165, 1.54) is 0 Å². The zero-order chi connectivity index (χ0) is 11.7. The van der Waals surface area contributed by atoms with E-state index in [4.69, 9.17) is 4.42 Å². The Morgan fingerprint density at radius 3 is 2.88 bits per heavy atom. The number of amides is 1. The van der Waals surface area contributed by atoms with Gasteiger partial charge in [0, 0.05) is 11.6 Å². The molecule has 2 aromatic rings. The molecule has 0 bridgehead atoms. The van der Waals surface area contributed by atoms with E-state index in [-0.39, 0.29) is 11.9 Å². The Morgan fingerprint density at radius 2 is 2.19 bits per heavy atom. The second-order valence-electron chi connectivity index (χ2n) is 3.85. The largest absolute Gasteiger partial charge is 0.417 e. The summed E-state index contributed by atoms with van der Waals surface area (Å²) in [5, 5.41) is 2.76. The molecule has 5 nitrogen and oxygen atoms in total. The molecule has 0 spiro atoms. The second kappa shape index (κ2) is 3.84. The van der Waals surface area contributed by atoms with Crippen molar-refractivity contribution in [1.82, 2.24) is 10.3 Å². The van der Waals surface area contributed by atoms with E-state index in [0.29, 0.717) is 16.7 Å². The van der Waals surface area contributed by atoms with E-state index >= 15 is 0 Å². The van der Waals surface area contributed by atoms with Crippen LogP contribution in [0.15, 0.2) is 27.4 Å². The lowest BCUT2D eigenvalue weighted by Crippen LogP contribution is -2.29. The summed E-state index contributed by atoms with van der Waals surface area (Å²) in [6.07, 6.45) is 0. The predicted molar refractivity (Wildman–Crippen MR) is 59.4 cm³/mol. The number of oxazole rings is 1. The van der Waals surface area contributed by atoms with Gasteiger partial charge < -0.3 is 9.73 Å². The van der Waals surface area contributed by atoms with Gasteiger partial charge in [-0.2, -0.15) is 0 Å². The highest BCUT2D eigenvalue weighted by Crippen LogP contribution is 2.12. The molecule has 84 valence electrons. The van der Waals surface area contributed by atoms with Crippen molar-refractivity contribution in [2.45, 2.75) is 19.9 Å². The number of H-pyrrole nitrogens is 1. The van der Waals surface area contributed by atoms with Crippen LogP contribution in [0, 0.1) is 0 Å². The Morgan fingerprint density at radius 1 is 1.44 bits per heavy atom. The van der Waals surface area contributed by atoms with Gasteiger partial charge in [0.15, 0.2) is 5.58 Å². The van der Waals surface area contributed by atoms with Gasteiger partial charge in [0.2, 0.25) is 0 Å². The maximum atomic E-state index is 11.7. The van der Waals surface area contributed by atoms with Crippen molar-refractivity contribution in [3.8, 4) is 0 Å². The molecule has 1 aromatic heterocycles. The smallest absolute Gasteiger partial charge is 0.408 e. The molecular formula is C11H12N2O3. The Hall–Kier alpha value is -2.04. The number of rotatable bonds is 2. The van der Waals surface area contributed by atoms with E-state index in [2.05, 4.69) is 10.3 Å². The molecular weight excluding hydrogens is 208 g/mol. The molecule has 0 atom stereocenters. The number of aromatic nitrogens is 1. The molecule has 0 saturated carbocycles. The van der Waals surface area contributed by atoms with Crippen LogP contribution in [0.2, 0.25) is 0 Å². The highest BCUT2D eigenvalue weighted by Gasteiger charge is 2.09. The average molecular weight is 220 g/mol. The van der Waals surface area contributed by atoms with Crippen LogP contribution in [0.1, 0.15) is 24.2 Å². The number of benzene rings is 1. The lowest BCUT2D eigenvalue weighted by atomic mass is 10.2. The number of hydrogen-bond donors (Lipinski definition) is 2. The van der Waals surface area contributed by atoms with Crippen molar-refractivity contribution >= 4 is 17.0 Å². The van der Waals surface area contributed by atoms with Gasteiger partial charge in [-0.25, -0.2) is 4.79 Å². The van der Waals surface area contributed by atoms with Crippen LogP contribution in [-0.4, -0.2) is 16.9 Å². The third-order valence-corrected chi connectivity index (χ3v) is 2.10. The second-order valence-corrected chi connectivity index (χ2v) is 3.85. The lowest BCUT2D eigenvalue weighted by molar-refractivity contribution is 0.0943. The first-order chi connectivity index (χ1) is 7.56. The van der Waals surface area contributed by atoms with Gasteiger partial charge in [-0.05, 0) is 32.0 Å². The first-order valence-electron chi connectivity index (χ1n) is 5.00. The van der Waals surface area contributed by atoms with Gasteiger partial charge in [-0.3, -0.25) is 9.78 Å². The molecule has 0 unspecified atom stereocenters. The van der Waals surface area contributed by atoms with Gasteiger partial charge in [0.05, 0.1) is 5.52 Å². The Balaban J connectivity index is 2.38. The fraction of sp³-hybridized carbons (Fsp3) is 0.273. The Labute approximate surface area is 91.5 Å². The van der Waals surface area contributed by atoms with E-state index in [1.54, 1.807) is 18.2 Å². The lowest BCUT2D eigenvalue weighted by Gasteiger charge is -2.07. The Bertz CT molecular complexity index is 580. The van der Waals surface area contributed by atoms with Gasteiger partial charge in [0.1, 0.15) is 0 Å². The van der Waals surface area contributed by atoms with Crippen LogP contribution in [0.3, 0.4) is 0 Å². The number of carbonyl (C=O) groups excluding carboxylic acids is 1. The van der Waals surface area contributed by atoms with E-state index < -0.39 is 5.76 Å². The number of nitrogens with one attached hydrogen (secondary N) is 2. The standard InChI is InChI=1S/C11H12N2O3/c1-6(2)12-10(14)7-3-4-8-9(5-7)16-11(15)13-8/h3-6H,1-2H3,(H,12,14)(H,13,15). The van der Waals surface area contributed by atoms with Crippen molar-refractivity contribution in [3.63, 3.8) is 0 Å². The highest BCUT2D eigenvalue weighted by atomic mass is 16.4.